The summed E-state index contributed by atoms with van der Waals surface area (Å²) in [5, 5.41) is 3.41. The van der Waals surface area contributed by atoms with E-state index in [0.29, 0.717) is 12.0 Å². The summed E-state index contributed by atoms with van der Waals surface area (Å²) in [6.45, 7) is 7.26. The Bertz CT molecular complexity index is 296. The molecule has 0 heterocycles. The lowest BCUT2D eigenvalue weighted by Gasteiger charge is -2.15. The van der Waals surface area contributed by atoms with E-state index in [9.17, 15) is 0 Å². The topological polar surface area (TPSA) is 21.3 Å². The Morgan fingerprint density at radius 1 is 1.27 bits per heavy atom. The first kappa shape index (κ1) is 12.1. The van der Waals surface area contributed by atoms with Gasteiger partial charge in [-0.15, -0.1) is 0 Å². The number of nitrogens with one attached hydrogen (secondary N) is 1. The Balaban J connectivity index is 2.65. The van der Waals surface area contributed by atoms with Gasteiger partial charge in [-0.3, -0.25) is 0 Å². The zero-order valence-corrected chi connectivity index (χ0v) is 10.1. The molecular formula is C13H21NO. The SMILES string of the molecule is COC[C@@H](C)Nc1cccc(C(C)C)c1. The van der Waals surface area contributed by atoms with Crippen molar-refractivity contribution in [1.82, 2.24) is 0 Å². The van der Waals surface area contributed by atoms with E-state index in [1.165, 1.54) is 11.3 Å². The summed E-state index contributed by atoms with van der Waals surface area (Å²) >= 11 is 0. The molecule has 0 saturated heterocycles. The molecule has 1 aromatic carbocycles. The van der Waals surface area contributed by atoms with Crippen molar-refractivity contribution in [2.24, 2.45) is 0 Å². The molecule has 0 spiro atoms. The Morgan fingerprint density at radius 3 is 2.60 bits per heavy atom. The van der Waals surface area contributed by atoms with Crippen LogP contribution in [-0.2, 0) is 4.74 Å². The van der Waals surface area contributed by atoms with Gasteiger partial charge < -0.3 is 10.1 Å². The minimum atomic E-state index is 0.345. The van der Waals surface area contributed by atoms with Crippen molar-refractivity contribution in [2.75, 3.05) is 19.0 Å². The second-order valence-corrected chi connectivity index (χ2v) is 4.28. The molecule has 0 aliphatic carbocycles. The highest BCUT2D eigenvalue weighted by Gasteiger charge is 2.03. The van der Waals surface area contributed by atoms with E-state index >= 15 is 0 Å². The molecule has 2 heteroatoms. The fourth-order valence-corrected chi connectivity index (χ4v) is 1.56. The summed E-state index contributed by atoms with van der Waals surface area (Å²) in [6.07, 6.45) is 0. The number of benzene rings is 1. The van der Waals surface area contributed by atoms with Crippen LogP contribution in [0.4, 0.5) is 5.69 Å². The predicted octanol–water partition coefficient (Wildman–Crippen LogP) is 3.26. The van der Waals surface area contributed by atoms with Gasteiger partial charge >= 0.3 is 0 Å². The van der Waals surface area contributed by atoms with Crippen molar-refractivity contribution >= 4 is 5.69 Å². The van der Waals surface area contributed by atoms with Gasteiger partial charge in [0.15, 0.2) is 0 Å². The highest BCUT2D eigenvalue weighted by molar-refractivity contribution is 5.47. The van der Waals surface area contributed by atoms with E-state index in [4.69, 9.17) is 4.74 Å². The van der Waals surface area contributed by atoms with Crippen LogP contribution in [-0.4, -0.2) is 19.8 Å². The molecule has 0 fully saturated rings. The van der Waals surface area contributed by atoms with Gasteiger partial charge in [-0.2, -0.15) is 0 Å². The van der Waals surface area contributed by atoms with Crippen molar-refractivity contribution in [2.45, 2.75) is 32.7 Å². The zero-order valence-electron chi connectivity index (χ0n) is 10.1. The van der Waals surface area contributed by atoms with Crippen molar-refractivity contribution in [1.29, 1.82) is 0 Å². The van der Waals surface area contributed by atoms with Gasteiger partial charge in [0.2, 0.25) is 0 Å². The normalized spacial score (nSPS) is 12.9. The Kier molecular flexibility index (Phi) is 4.63. The number of rotatable bonds is 5. The Morgan fingerprint density at radius 2 is 2.00 bits per heavy atom. The second-order valence-electron chi connectivity index (χ2n) is 4.28. The summed E-state index contributed by atoms with van der Waals surface area (Å²) in [5.74, 6) is 0.574. The smallest absolute Gasteiger partial charge is 0.0661 e. The monoisotopic (exact) mass is 207 g/mol. The molecule has 1 rings (SSSR count). The lowest BCUT2D eigenvalue weighted by molar-refractivity contribution is 0.190. The third-order valence-corrected chi connectivity index (χ3v) is 2.38. The van der Waals surface area contributed by atoms with Gasteiger partial charge in [0.25, 0.3) is 0 Å². The van der Waals surface area contributed by atoms with Gasteiger partial charge in [-0.05, 0) is 30.5 Å². The lowest BCUT2D eigenvalue weighted by Crippen LogP contribution is -2.20. The van der Waals surface area contributed by atoms with E-state index in [2.05, 4.69) is 50.4 Å². The minimum Gasteiger partial charge on any atom is -0.383 e. The number of hydrogen-bond acceptors (Lipinski definition) is 2. The van der Waals surface area contributed by atoms with Crippen molar-refractivity contribution in [3.63, 3.8) is 0 Å². The van der Waals surface area contributed by atoms with Crippen molar-refractivity contribution < 1.29 is 4.74 Å². The van der Waals surface area contributed by atoms with E-state index in [-0.39, 0.29) is 0 Å². The standard InChI is InChI=1S/C13H21NO/c1-10(2)12-6-5-7-13(8-12)14-11(3)9-15-4/h5-8,10-11,14H,9H2,1-4H3/t11-/m1/s1. The highest BCUT2D eigenvalue weighted by Crippen LogP contribution is 2.18. The van der Waals surface area contributed by atoms with Crippen LogP contribution in [0.25, 0.3) is 0 Å². The van der Waals surface area contributed by atoms with E-state index < -0.39 is 0 Å². The Labute approximate surface area is 92.6 Å². The van der Waals surface area contributed by atoms with Crippen LogP contribution < -0.4 is 5.32 Å². The summed E-state index contributed by atoms with van der Waals surface area (Å²) in [5.41, 5.74) is 2.54. The highest BCUT2D eigenvalue weighted by atomic mass is 16.5. The molecule has 0 saturated carbocycles. The zero-order chi connectivity index (χ0) is 11.3. The molecule has 1 atom stereocenters. The second kappa shape index (κ2) is 5.76. The van der Waals surface area contributed by atoms with Crippen LogP contribution in [0.2, 0.25) is 0 Å². The van der Waals surface area contributed by atoms with Crippen LogP contribution in [0.15, 0.2) is 24.3 Å². The third-order valence-electron chi connectivity index (χ3n) is 2.38. The summed E-state index contributed by atoms with van der Waals surface area (Å²) < 4.78 is 5.09. The molecule has 0 radical (unpaired) electrons. The van der Waals surface area contributed by atoms with Gasteiger partial charge in [0.05, 0.1) is 6.61 Å². The fraction of sp³-hybridized carbons (Fsp3) is 0.538. The maximum atomic E-state index is 5.09. The molecule has 0 aliphatic rings. The van der Waals surface area contributed by atoms with Gasteiger partial charge in [-0.25, -0.2) is 0 Å². The van der Waals surface area contributed by atoms with Gasteiger partial charge in [-0.1, -0.05) is 26.0 Å². The maximum Gasteiger partial charge on any atom is 0.0661 e. The average molecular weight is 207 g/mol. The van der Waals surface area contributed by atoms with Crippen molar-refractivity contribution in [3.05, 3.63) is 29.8 Å². The molecule has 2 nitrogen and oxygen atoms in total. The summed E-state index contributed by atoms with van der Waals surface area (Å²) in [7, 11) is 1.72. The van der Waals surface area contributed by atoms with Crippen LogP contribution in [0.5, 0.6) is 0 Å². The first-order chi connectivity index (χ1) is 7.13. The van der Waals surface area contributed by atoms with E-state index in [1.54, 1.807) is 7.11 Å². The summed E-state index contributed by atoms with van der Waals surface area (Å²) in [6, 6.07) is 8.90. The molecule has 0 aromatic heterocycles. The van der Waals surface area contributed by atoms with Crippen LogP contribution in [0.1, 0.15) is 32.3 Å². The molecule has 0 unspecified atom stereocenters. The number of ether oxygens (including phenoxy) is 1. The molecular weight excluding hydrogens is 186 g/mol. The van der Waals surface area contributed by atoms with E-state index in [0.717, 1.165) is 6.61 Å². The van der Waals surface area contributed by atoms with Crippen molar-refractivity contribution in [3.8, 4) is 0 Å². The van der Waals surface area contributed by atoms with Gasteiger partial charge in [0, 0.05) is 18.8 Å². The molecule has 0 aliphatic heterocycles. The first-order valence-electron chi connectivity index (χ1n) is 5.49. The predicted molar refractivity (Wildman–Crippen MR) is 65.5 cm³/mol. The third kappa shape index (κ3) is 3.92. The molecule has 15 heavy (non-hydrogen) atoms. The molecule has 1 N–H and O–H groups in total. The minimum absolute atomic E-state index is 0.345. The summed E-state index contributed by atoms with van der Waals surface area (Å²) in [4.78, 5) is 0. The largest absolute Gasteiger partial charge is 0.383 e. The molecule has 84 valence electrons. The van der Waals surface area contributed by atoms with Crippen LogP contribution >= 0.6 is 0 Å². The molecule has 0 amide bonds. The van der Waals surface area contributed by atoms with Crippen LogP contribution in [0.3, 0.4) is 0 Å². The fourth-order valence-electron chi connectivity index (χ4n) is 1.56. The number of hydrogen-bond donors (Lipinski definition) is 1. The lowest BCUT2D eigenvalue weighted by atomic mass is 10.0. The molecule has 0 bridgehead atoms. The quantitative estimate of drug-likeness (QED) is 0.800. The van der Waals surface area contributed by atoms with Crippen LogP contribution in [0, 0.1) is 0 Å². The average Bonchev–Trinajstić information content (AvgIpc) is 2.18. The van der Waals surface area contributed by atoms with E-state index in [1.807, 2.05) is 0 Å². The number of methoxy groups -OCH3 is 1. The maximum absolute atomic E-state index is 5.09. The van der Waals surface area contributed by atoms with Gasteiger partial charge in [0.1, 0.15) is 0 Å². The first-order valence-corrected chi connectivity index (χ1v) is 5.49. The number of anilines is 1. The Hall–Kier alpha value is -1.02. The molecule has 1 aromatic rings.